The molecule has 1 amide bonds. The molecule has 1 aromatic heterocycles. The molecule has 110 valence electrons. The second-order valence-corrected chi connectivity index (χ2v) is 7.48. The molecule has 0 spiro atoms. The fourth-order valence-corrected chi connectivity index (χ4v) is 3.31. The number of rotatable bonds is 2. The third kappa shape index (κ3) is 3.11. The minimum Gasteiger partial charge on any atom is -0.484 e. The van der Waals surface area contributed by atoms with E-state index >= 15 is 0 Å². The quantitative estimate of drug-likeness (QED) is 0.814. The van der Waals surface area contributed by atoms with Crippen molar-refractivity contribution in [3.8, 4) is 5.75 Å². The molecule has 2 heterocycles. The Kier molecular flexibility index (Phi) is 3.75. The molecule has 0 saturated heterocycles. The van der Waals surface area contributed by atoms with Crippen molar-refractivity contribution in [1.82, 2.24) is 4.98 Å². The minimum absolute atomic E-state index is 0.0687. The van der Waals surface area contributed by atoms with Crippen molar-refractivity contribution in [2.24, 2.45) is 0 Å². The lowest BCUT2D eigenvalue weighted by atomic mass is 10.0. The van der Waals surface area contributed by atoms with Crippen LogP contribution in [0.15, 0.2) is 34.4 Å². The van der Waals surface area contributed by atoms with Gasteiger partial charge in [0.25, 0.3) is 0 Å². The van der Waals surface area contributed by atoms with Crippen LogP contribution in [0.1, 0.15) is 18.7 Å². The van der Waals surface area contributed by atoms with Gasteiger partial charge in [0, 0.05) is 15.5 Å². The van der Waals surface area contributed by atoms with Gasteiger partial charge in [-0.1, -0.05) is 15.9 Å². The molecule has 0 radical (unpaired) electrons. The van der Waals surface area contributed by atoms with E-state index in [2.05, 4.69) is 20.9 Å². The SMILES string of the molecule is CC1(C)CN(C(=O)Cc2cncs2)c2ccc(Br)cc2O1. The van der Waals surface area contributed by atoms with Crippen LogP contribution in [-0.4, -0.2) is 23.0 Å². The molecule has 6 heteroatoms. The van der Waals surface area contributed by atoms with E-state index in [1.807, 2.05) is 36.9 Å². The molecule has 2 aromatic rings. The summed E-state index contributed by atoms with van der Waals surface area (Å²) in [4.78, 5) is 19.4. The first kappa shape index (κ1) is 14.5. The molecule has 21 heavy (non-hydrogen) atoms. The number of halogens is 1. The second-order valence-electron chi connectivity index (χ2n) is 5.60. The maximum Gasteiger partial charge on any atom is 0.232 e. The number of ether oxygens (including phenoxy) is 1. The largest absolute Gasteiger partial charge is 0.484 e. The van der Waals surface area contributed by atoms with Crippen LogP contribution in [0.3, 0.4) is 0 Å². The molecule has 1 aromatic carbocycles. The summed E-state index contributed by atoms with van der Waals surface area (Å²) < 4.78 is 6.92. The summed E-state index contributed by atoms with van der Waals surface area (Å²) in [5, 5.41) is 0. The summed E-state index contributed by atoms with van der Waals surface area (Å²) in [5.74, 6) is 0.803. The fourth-order valence-electron chi connectivity index (χ4n) is 2.39. The van der Waals surface area contributed by atoms with Crippen molar-refractivity contribution in [2.45, 2.75) is 25.9 Å². The highest BCUT2D eigenvalue weighted by atomic mass is 79.9. The maximum atomic E-state index is 12.6. The van der Waals surface area contributed by atoms with E-state index in [-0.39, 0.29) is 5.91 Å². The lowest BCUT2D eigenvalue weighted by molar-refractivity contribution is -0.118. The number of carbonyl (C=O) groups is 1. The zero-order chi connectivity index (χ0) is 15.0. The Morgan fingerprint density at radius 2 is 2.33 bits per heavy atom. The van der Waals surface area contributed by atoms with E-state index in [0.29, 0.717) is 13.0 Å². The van der Waals surface area contributed by atoms with Gasteiger partial charge < -0.3 is 9.64 Å². The van der Waals surface area contributed by atoms with E-state index in [1.165, 1.54) is 11.3 Å². The second kappa shape index (κ2) is 5.42. The van der Waals surface area contributed by atoms with Crippen LogP contribution < -0.4 is 9.64 Å². The van der Waals surface area contributed by atoms with E-state index in [9.17, 15) is 4.79 Å². The van der Waals surface area contributed by atoms with Crippen LogP contribution >= 0.6 is 27.3 Å². The van der Waals surface area contributed by atoms with Gasteiger partial charge in [-0.15, -0.1) is 11.3 Å². The fraction of sp³-hybridized carbons (Fsp3) is 0.333. The van der Waals surface area contributed by atoms with Gasteiger partial charge in [0.15, 0.2) is 0 Å². The summed E-state index contributed by atoms with van der Waals surface area (Å²) in [5.41, 5.74) is 2.17. The number of hydrogen-bond donors (Lipinski definition) is 0. The molecule has 4 nitrogen and oxygen atoms in total. The van der Waals surface area contributed by atoms with Gasteiger partial charge in [0.2, 0.25) is 5.91 Å². The Balaban J connectivity index is 1.93. The van der Waals surface area contributed by atoms with Gasteiger partial charge in [-0.3, -0.25) is 9.78 Å². The van der Waals surface area contributed by atoms with Crippen molar-refractivity contribution in [3.63, 3.8) is 0 Å². The van der Waals surface area contributed by atoms with Gasteiger partial charge in [-0.2, -0.15) is 0 Å². The lowest BCUT2D eigenvalue weighted by Crippen LogP contribution is -2.49. The van der Waals surface area contributed by atoms with Crippen molar-refractivity contribution in [3.05, 3.63) is 39.3 Å². The van der Waals surface area contributed by atoms with Crippen molar-refractivity contribution in [1.29, 1.82) is 0 Å². The summed E-state index contributed by atoms with van der Waals surface area (Å²) in [6.07, 6.45) is 2.12. The molecular weight excluding hydrogens is 352 g/mol. The summed E-state index contributed by atoms with van der Waals surface area (Å²) in [6.45, 7) is 4.52. The summed E-state index contributed by atoms with van der Waals surface area (Å²) in [7, 11) is 0. The van der Waals surface area contributed by atoms with Gasteiger partial charge in [0.05, 0.1) is 24.2 Å². The highest BCUT2D eigenvalue weighted by Gasteiger charge is 2.34. The topological polar surface area (TPSA) is 42.4 Å². The molecule has 3 rings (SSSR count). The molecular formula is C15H15BrN2O2S. The molecule has 0 unspecified atom stereocenters. The van der Waals surface area contributed by atoms with Crippen LogP contribution in [0.25, 0.3) is 0 Å². The first-order chi connectivity index (χ1) is 9.94. The number of fused-ring (bicyclic) bond motifs is 1. The zero-order valence-electron chi connectivity index (χ0n) is 11.8. The van der Waals surface area contributed by atoms with E-state index in [1.54, 1.807) is 11.7 Å². The summed E-state index contributed by atoms with van der Waals surface area (Å²) >= 11 is 4.94. The van der Waals surface area contributed by atoms with Gasteiger partial charge in [0.1, 0.15) is 11.4 Å². The standard InChI is InChI=1S/C15H15BrN2O2S/c1-15(2)8-18(14(19)6-11-7-17-9-21-11)12-4-3-10(16)5-13(12)20-15/h3-5,7,9H,6,8H2,1-2H3. The zero-order valence-corrected chi connectivity index (χ0v) is 14.2. The lowest BCUT2D eigenvalue weighted by Gasteiger charge is -2.39. The van der Waals surface area contributed by atoms with Crippen LogP contribution in [-0.2, 0) is 11.2 Å². The van der Waals surface area contributed by atoms with E-state index in [0.717, 1.165) is 20.8 Å². The monoisotopic (exact) mass is 366 g/mol. The Morgan fingerprint density at radius 1 is 1.52 bits per heavy atom. The number of hydrogen-bond acceptors (Lipinski definition) is 4. The molecule has 0 saturated carbocycles. The average Bonchev–Trinajstić information content (AvgIpc) is 2.89. The normalized spacial score (nSPS) is 16.2. The highest BCUT2D eigenvalue weighted by Crippen LogP contribution is 2.39. The smallest absolute Gasteiger partial charge is 0.232 e. The number of aromatic nitrogens is 1. The highest BCUT2D eigenvalue weighted by molar-refractivity contribution is 9.10. The number of carbonyl (C=O) groups excluding carboxylic acids is 1. The minimum atomic E-state index is -0.406. The Labute approximate surface area is 135 Å². The number of anilines is 1. The first-order valence-electron chi connectivity index (χ1n) is 6.61. The third-order valence-corrected chi connectivity index (χ3v) is 4.52. The van der Waals surface area contributed by atoms with Gasteiger partial charge in [-0.25, -0.2) is 0 Å². The average molecular weight is 367 g/mol. The Bertz CT molecular complexity index is 670. The van der Waals surface area contributed by atoms with Crippen molar-refractivity contribution < 1.29 is 9.53 Å². The summed E-state index contributed by atoms with van der Waals surface area (Å²) in [6, 6.07) is 5.75. The van der Waals surface area contributed by atoms with Crippen LogP contribution in [0.2, 0.25) is 0 Å². The van der Waals surface area contributed by atoms with E-state index in [4.69, 9.17) is 4.74 Å². The number of nitrogens with zero attached hydrogens (tertiary/aromatic N) is 2. The van der Waals surface area contributed by atoms with Crippen molar-refractivity contribution >= 4 is 38.9 Å². The molecule has 0 bridgehead atoms. The van der Waals surface area contributed by atoms with E-state index < -0.39 is 5.60 Å². The molecule has 0 aliphatic carbocycles. The predicted molar refractivity (Wildman–Crippen MR) is 87.0 cm³/mol. The first-order valence-corrected chi connectivity index (χ1v) is 8.28. The molecule has 1 aliphatic heterocycles. The molecule has 0 fully saturated rings. The predicted octanol–water partition coefficient (Wildman–Crippen LogP) is 3.65. The van der Waals surface area contributed by atoms with Crippen molar-refractivity contribution in [2.75, 3.05) is 11.4 Å². The molecule has 1 aliphatic rings. The van der Waals surface area contributed by atoms with Crippen LogP contribution in [0, 0.1) is 0 Å². The van der Waals surface area contributed by atoms with Crippen LogP contribution in [0.4, 0.5) is 5.69 Å². The number of thiazole rings is 1. The number of amides is 1. The van der Waals surface area contributed by atoms with Gasteiger partial charge >= 0.3 is 0 Å². The molecule has 0 atom stereocenters. The Morgan fingerprint density at radius 3 is 3.05 bits per heavy atom. The third-order valence-electron chi connectivity index (χ3n) is 3.25. The maximum absolute atomic E-state index is 12.6. The molecule has 0 N–H and O–H groups in total. The Hall–Kier alpha value is -1.40. The van der Waals surface area contributed by atoms with Crippen LogP contribution in [0.5, 0.6) is 5.75 Å². The van der Waals surface area contributed by atoms with Gasteiger partial charge in [-0.05, 0) is 32.0 Å². The number of benzene rings is 1.